The molecule has 0 aromatic heterocycles. The standard InChI is InChI=1S/C13H15NO6/c1-7(15)14-10(12(17)13(18)19)11(16)8-5-3-4-6-9(8)20-2/h3-6,10,12,17H,1-2H3,(H,14,15)(H,18,19). The molecule has 7 heteroatoms. The van der Waals surface area contributed by atoms with Crippen molar-refractivity contribution in [2.24, 2.45) is 0 Å². The number of hydrogen-bond acceptors (Lipinski definition) is 5. The zero-order chi connectivity index (χ0) is 15.3. The number of amides is 1. The average Bonchev–Trinajstić information content (AvgIpc) is 2.42. The molecule has 2 unspecified atom stereocenters. The largest absolute Gasteiger partial charge is 0.496 e. The van der Waals surface area contributed by atoms with Crippen LogP contribution in [0.25, 0.3) is 0 Å². The molecule has 3 N–H and O–H groups in total. The molecule has 20 heavy (non-hydrogen) atoms. The van der Waals surface area contributed by atoms with Crippen LogP contribution in [0.15, 0.2) is 24.3 Å². The smallest absolute Gasteiger partial charge is 0.335 e. The summed E-state index contributed by atoms with van der Waals surface area (Å²) >= 11 is 0. The first-order valence-corrected chi connectivity index (χ1v) is 5.73. The number of carboxylic acids is 1. The Morgan fingerprint density at radius 1 is 1.25 bits per heavy atom. The fraction of sp³-hybridized carbons (Fsp3) is 0.308. The fourth-order valence-electron chi connectivity index (χ4n) is 1.67. The Kier molecular flexibility index (Phi) is 5.22. The van der Waals surface area contributed by atoms with E-state index in [1.54, 1.807) is 12.1 Å². The van der Waals surface area contributed by atoms with Gasteiger partial charge in [0.25, 0.3) is 0 Å². The molecule has 0 heterocycles. The number of carbonyl (C=O) groups is 3. The van der Waals surface area contributed by atoms with Crippen molar-refractivity contribution in [2.75, 3.05) is 7.11 Å². The number of hydrogen-bond donors (Lipinski definition) is 3. The van der Waals surface area contributed by atoms with Crippen LogP contribution in [0.2, 0.25) is 0 Å². The predicted molar refractivity (Wildman–Crippen MR) is 68.6 cm³/mol. The maximum absolute atomic E-state index is 12.3. The molecule has 1 aromatic rings. The van der Waals surface area contributed by atoms with Crippen molar-refractivity contribution in [1.29, 1.82) is 0 Å². The minimum atomic E-state index is -2.05. The Balaban J connectivity index is 3.16. The lowest BCUT2D eigenvalue weighted by atomic mass is 9.98. The van der Waals surface area contributed by atoms with Crippen molar-refractivity contribution in [3.63, 3.8) is 0 Å². The van der Waals surface area contributed by atoms with Gasteiger partial charge in [0.2, 0.25) is 5.91 Å². The van der Waals surface area contributed by atoms with Gasteiger partial charge in [0.1, 0.15) is 11.8 Å². The molecule has 0 spiro atoms. The van der Waals surface area contributed by atoms with Crippen LogP contribution in [0.5, 0.6) is 5.75 Å². The number of ether oxygens (including phenoxy) is 1. The van der Waals surface area contributed by atoms with E-state index in [-0.39, 0.29) is 11.3 Å². The van der Waals surface area contributed by atoms with Gasteiger partial charge < -0.3 is 20.3 Å². The molecule has 108 valence electrons. The molecule has 0 aliphatic carbocycles. The number of aliphatic carboxylic acids is 1. The van der Waals surface area contributed by atoms with Crippen LogP contribution >= 0.6 is 0 Å². The lowest BCUT2D eigenvalue weighted by molar-refractivity contribution is -0.147. The second-order valence-corrected chi connectivity index (χ2v) is 4.03. The molecule has 7 nitrogen and oxygen atoms in total. The van der Waals surface area contributed by atoms with E-state index in [0.717, 1.165) is 6.92 Å². The van der Waals surface area contributed by atoms with E-state index in [2.05, 4.69) is 5.32 Å². The molecule has 0 saturated heterocycles. The van der Waals surface area contributed by atoms with E-state index < -0.39 is 29.8 Å². The summed E-state index contributed by atoms with van der Waals surface area (Å²) in [6.07, 6.45) is -2.05. The van der Waals surface area contributed by atoms with E-state index in [1.807, 2.05) is 0 Å². The highest BCUT2D eigenvalue weighted by molar-refractivity contribution is 6.06. The normalized spacial score (nSPS) is 13.2. The van der Waals surface area contributed by atoms with E-state index >= 15 is 0 Å². The molecule has 0 bridgehead atoms. The first-order valence-electron chi connectivity index (χ1n) is 5.73. The number of aliphatic hydroxyl groups is 1. The van der Waals surface area contributed by atoms with Crippen LogP contribution in [-0.2, 0) is 9.59 Å². The third-order valence-corrected chi connectivity index (χ3v) is 2.58. The fourth-order valence-corrected chi connectivity index (χ4v) is 1.67. The van der Waals surface area contributed by atoms with E-state index in [9.17, 15) is 19.5 Å². The first kappa shape index (κ1) is 15.6. The molecule has 0 aliphatic rings. The summed E-state index contributed by atoms with van der Waals surface area (Å²) in [6, 6.07) is 4.56. The van der Waals surface area contributed by atoms with Crippen LogP contribution in [-0.4, -0.2) is 47.1 Å². The second kappa shape index (κ2) is 6.67. The van der Waals surface area contributed by atoms with Gasteiger partial charge in [0.15, 0.2) is 11.9 Å². The molecular formula is C13H15NO6. The zero-order valence-electron chi connectivity index (χ0n) is 11.0. The quantitative estimate of drug-likeness (QED) is 0.624. The summed E-state index contributed by atoms with van der Waals surface area (Å²) < 4.78 is 5.00. The van der Waals surface area contributed by atoms with Gasteiger partial charge in [-0.25, -0.2) is 4.79 Å². The number of para-hydroxylation sites is 1. The van der Waals surface area contributed by atoms with Crippen molar-refractivity contribution >= 4 is 17.7 Å². The van der Waals surface area contributed by atoms with Crippen LogP contribution in [0.1, 0.15) is 17.3 Å². The summed E-state index contributed by atoms with van der Waals surface area (Å²) in [5, 5.41) is 20.5. The maximum atomic E-state index is 12.3. The second-order valence-electron chi connectivity index (χ2n) is 4.03. The number of carbonyl (C=O) groups excluding carboxylic acids is 2. The Hall–Kier alpha value is -2.41. The number of nitrogens with one attached hydrogen (secondary N) is 1. The minimum Gasteiger partial charge on any atom is -0.496 e. The molecule has 1 amide bonds. The summed E-state index contributed by atoms with van der Waals surface area (Å²) in [4.78, 5) is 34.2. The first-order chi connectivity index (χ1) is 9.38. The number of carboxylic acid groups (broad SMARTS) is 1. The Bertz CT molecular complexity index is 527. The summed E-state index contributed by atoms with van der Waals surface area (Å²) in [7, 11) is 1.35. The summed E-state index contributed by atoms with van der Waals surface area (Å²) in [5.41, 5.74) is 0.0778. The molecule has 1 aromatic carbocycles. The van der Waals surface area contributed by atoms with Crippen molar-refractivity contribution in [1.82, 2.24) is 5.32 Å². The molecular weight excluding hydrogens is 266 g/mol. The lowest BCUT2D eigenvalue weighted by Crippen LogP contribution is -2.51. The number of benzene rings is 1. The van der Waals surface area contributed by atoms with Crippen molar-refractivity contribution < 1.29 is 29.3 Å². The van der Waals surface area contributed by atoms with Gasteiger partial charge >= 0.3 is 5.97 Å². The minimum absolute atomic E-state index is 0.0778. The topological polar surface area (TPSA) is 113 Å². The van der Waals surface area contributed by atoms with Gasteiger partial charge in [-0.2, -0.15) is 0 Å². The maximum Gasteiger partial charge on any atom is 0.335 e. The van der Waals surface area contributed by atoms with E-state index in [4.69, 9.17) is 9.84 Å². The SMILES string of the molecule is COc1ccccc1C(=O)C(NC(C)=O)C(O)C(=O)O. The number of rotatable bonds is 6. The molecule has 0 fully saturated rings. The Labute approximate surface area is 115 Å². The van der Waals surface area contributed by atoms with Gasteiger partial charge in [-0.1, -0.05) is 12.1 Å². The summed E-state index contributed by atoms with van der Waals surface area (Å²) in [6.45, 7) is 1.12. The molecule has 2 atom stereocenters. The van der Waals surface area contributed by atoms with E-state index in [1.165, 1.54) is 19.2 Å². The highest BCUT2D eigenvalue weighted by Gasteiger charge is 2.34. The van der Waals surface area contributed by atoms with Gasteiger partial charge in [0.05, 0.1) is 12.7 Å². The monoisotopic (exact) mass is 281 g/mol. The highest BCUT2D eigenvalue weighted by atomic mass is 16.5. The van der Waals surface area contributed by atoms with Crippen LogP contribution in [0, 0.1) is 0 Å². The third kappa shape index (κ3) is 3.55. The zero-order valence-corrected chi connectivity index (χ0v) is 11.0. The third-order valence-electron chi connectivity index (χ3n) is 2.58. The van der Waals surface area contributed by atoms with Crippen molar-refractivity contribution in [2.45, 2.75) is 19.1 Å². The van der Waals surface area contributed by atoms with Gasteiger partial charge in [-0.3, -0.25) is 9.59 Å². The van der Waals surface area contributed by atoms with Crippen molar-refractivity contribution in [3.8, 4) is 5.75 Å². The van der Waals surface area contributed by atoms with Gasteiger partial charge in [-0.05, 0) is 12.1 Å². The van der Waals surface area contributed by atoms with Gasteiger partial charge in [0, 0.05) is 6.92 Å². The van der Waals surface area contributed by atoms with Crippen LogP contribution < -0.4 is 10.1 Å². The molecule has 0 saturated carbocycles. The average molecular weight is 281 g/mol. The number of aliphatic hydroxyl groups excluding tert-OH is 1. The number of methoxy groups -OCH3 is 1. The lowest BCUT2D eigenvalue weighted by Gasteiger charge is -2.20. The number of ketones is 1. The summed E-state index contributed by atoms with van der Waals surface area (Å²) in [5.74, 6) is -2.75. The van der Waals surface area contributed by atoms with Crippen LogP contribution in [0.4, 0.5) is 0 Å². The molecule has 0 radical (unpaired) electrons. The highest BCUT2D eigenvalue weighted by Crippen LogP contribution is 2.20. The Morgan fingerprint density at radius 2 is 1.85 bits per heavy atom. The Morgan fingerprint density at radius 3 is 2.35 bits per heavy atom. The predicted octanol–water partition coefficient (Wildman–Crippen LogP) is -0.172. The van der Waals surface area contributed by atoms with Crippen molar-refractivity contribution in [3.05, 3.63) is 29.8 Å². The molecule has 0 aliphatic heterocycles. The number of Topliss-reactive ketones (excluding diaryl/α,β-unsaturated/α-hetero) is 1. The van der Waals surface area contributed by atoms with E-state index in [0.29, 0.717) is 0 Å². The van der Waals surface area contributed by atoms with Crippen LogP contribution in [0.3, 0.4) is 0 Å². The van der Waals surface area contributed by atoms with Gasteiger partial charge in [-0.15, -0.1) is 0 Å². The molecule has 1 rings (SSSR count).